The van der Waals surface area contributed by atoms with Crippen LogP contribution in [0.3, 0.4) is 0 Å². The Labute approximate surface area is 343 Å². The molecule has 1 unspecified atom stereocenters. The molecule has 0 bridgehead atoms. The predicted octanol–water partition coefficient (Wildman–Crippen LogP) is 7.53. The van der Waals surface area contributed by atoms with Crippen LogP contribution in [-0.2, 0) is 17.9 Å². The number of nitrogens with one attached hydrogen (secondary N) is 5. The average Bonchev–Trinajstić information content (AvgIpc) is 3.12. The number of guanidine groups is 3. The summed E-state index contributed by atoms with van der Waals surface area (Å²) in [5, 5.41) is 25.7. The van der Waals surface area contributed by atoms with Gasteiger partial charge in [0.1, 0.15) is 0 Å². The van der Waals surface area contributed by atoms with Gasteiger partial charge in [-0.1, -0.05) is 152 Å². The van der Waals surface area contributed by atoms with Crippen molar-refractivity contribution in [3.63, 3.8) is 0 Å². The third kappa shape index (κ3) is 25.3. The minimum Gasteiger partial charge on any atom is -0.481 e. The van der Waals surface area contributed by atoms with Crippen LogP contribution in [0.2, 0.25) is 0 Å². The first-order chi connectivity index (χ1) is 25.6. The van der Waals surface area contributed by atoms with Crippen molar-refractivity contribution in [2.24, 2.45) is 26.4 Å². The number of benzene rings is 2. The lowest BCUT2D eigenvalue weighted by atomic mass is 10.1. The van der Waals surface area contributed by atoms with Gasteiger partial charge in [-0.3, -0.25) is 30.7 Å². The second-order valence-corrected chi connectivity index (χ2v) is 14.4. The van der Waals surface area contributed by atoms with E-state index in [1.165, 1.54) is 77.0 Å². The maximum absolute atomic E-state index is 11.6. The summed E-state index contributed by atoms with van der Waals surface area (Å²) in [5.41, 5.74) is 13.3. The standard InChI is InChI=1S/C23H39N5O2.C18H31N5.2ClH/c1-4-5-6-7-8-9-13-16-24-21-26-22(2,3)28-23(27-21,17-20(29)30)25-18-19-14-11-10-12-15-19;1-2-3-4-5-6-7-11-14-21-17(19)23-18(20)22-15-16-12-9-8-10-13-16;;/h10-12,14-15,25,28H,4-9,13,16-18H2,1-3H3,(H,29,30)(H2,24,26,27);8-10,12-13H,2-7,11,14-15H2,1H3,(H5,19,20,21,22,23);2*1H. The predicted molar refractivity (Wildman–Crippen MR) is 236 cm³/mol. The topological polar surface area (TPSA) is 187 Å². The van der Waals surface area contributed by atoms with Gasteiger partial charge in [0.15, 0.2) is 23.7 Å². The van der Waals surface area contributed by atoms with Crippen LogP contribution in [0.15, 0.2) is 75.6 Å². The highest BCUT2D eigenvalue weighted by Crippen LogP contribution is 2.16. The zero-order chi connectivity index (χ0) is 38.6. The Morgan fingerprint density at radius 2 is 1.18 bits per heavy atom. The molecule has 0 spiro atoms. The molecule has 312 valence electrons. The Balaban J connectivity index is 0.00000106. The summed E-state index contributed by atoms with van der Waals surface area (Å²) in [7, 11) is 0. The number of nitrogens with zero attached hydrogens (tertiary/aromatic N) is 3. The second kappa shape index (κ2) is 30.6. The summed E-state index contributed by atoms with van der Waals surface area (Å²) >= 11 is 0. The molecule has 14 heteroatoms. The number of carboxylic acid groups (broad SMARTS) is 1. The van der Waals surface area contributed by atoms with Gasteiger partial charge in [0.05, 0.1) is 18.6 Å². The number of nitrogens with two attached hydrogens (primary N) is 2. The number of aliphatic imine (C=N–C) groups is 3. The van der Waals surface area contributed by atoms with E-state index in [0.29, 0.717) is 31.0 Å². The van der Waals surface area contributed by atoms with Crippen LogP contribution in [0.4, 0.5) is 0 Å². The Hall–Kier alpha value is -3.58. The van der Waals surface area contributed by atoms with E-state index in [-0.39, 0.29) is 31.2 Å². The van der Waals surface area contributed by atoms with Crippen LogP contribution < -0.4 is 38.1 Å². The summed E-state index contributed by atoms with van der Waals surface area (Å²) in [6, 6.07) is 19.9. The number of hydrogen-bond donors (Lipinski definition) is 8. The summed E-state index contributed by atoms with van der Waals surface area (Å²) in [4.78, 5) is 24.8. The number of rotatable bonds is 23. The minimum absolute atomic E-state index is 0. The van der Waals surface area contributed by atoms with Crippen LogP contribution in [0.25, 0.3) is 0 Å². The molecule has 1 saturated heterocycles. The molecule has 1 atom stereocenters. The highest BCUT2D eigenvalue weighted by molar-refractivity contribution is 5.97. The van der Waals surface area contributed by atoms with Gasteiger partial charge in [-0.15, -0.1) is 24.8 Å². The molecule has 0 aromatic heterocycles. The van der Waals surface area contributed by atoms with Crippen molar-refractivity contribution in [2.75, 3.05) is 13.1 Å². The van der Waals surface area contributed by atoms with Crippen molar-refractivity contribution >= 4 is 48.7 Å². The summed E-state index contributed by atoms with van der Waals surface area (Å²) in [6.45, 7) is 11.0. The van der Waals surface area contributed by atoms with Crippen molar-refractivity contribution in [3.05, 3.63) is 71.8 Å². The molecule has 3 rings (SSSR count). The van der Waals surface area contributed by atoms with Crippen LogP contribution in [0.5, 0.6) is 0 Å². The smallest absolute Gasteiger partial charge is 0.308 e. The fraction of sp³-hybridized carbons (Fsp3) is 0.610. The molecule has 0 saturated carbocycles. The first-order valence-corrected chi connectivity index (χ1v) is 19.9. The highest BCUT2D eigenvalue weighted by atomic mass is 35.5. The fourth-order valence-electron chi connectivity index (χ4n) is 6.02. The highest BCUT2D eigenvalue weighted by Gasteiger charge is 2.42. The number of carbonyl (C=O) groups is 1. The lowest BCUT2D eigenvalue weighted by Crippen LogP contribution is -2.81. The number of unbranched alkanes of at least 4 members (excludes halogenated alkanes) is 12. The summed E-state index contributed by atoms with van der Waals surface area (Å²) < 4.78 is 0. The number of halogens is 2. The van der Waals surface area contributed by atoms with E-state index in [2.05, 4.69) is 50.4 Å². The first kappa shape index (κ1) is 51.4. The number of hydrogen-bond acceptors (Lipinski definition) is 6. The Kier molecular flexibility index (Phi) is 28.6. The molecule has 2 aromatic carbocycles. The van der Waals surface area contributed by atoms with E-state index in [1.807, 2.05) is 74.5 Å². The monoisotopic (exact) mass is 807 g/mol. The van der Waals surface area contributed by atoms with Crippen molar-refractivity contribution in [1.82, 2.24) is 26.6 Å². The molecular formula is C41H72Cl2N10O2. The van der Waals surface area contributed by atoms with E-state index in [1.54, 1.807) is 0 Å². The van der Waals surface area contributed by atoms with Gasteiger partial charge in [-0.2, -0.15) is 0 Å². The third-order valence-corrected chi connectivity index (χ3v) is 8.75. The van der Waals surface area contributed by atoms with Crippen LogP contribution in [-0.4, -0.2) is 53.5 Å². The molecule has 0 radical (unpaired) electrons. The van der Waals surface area contributed by atoms with Gasteiger partial charge >= 0.3 is 5.97 Å². The molecule has 2 aromatic rings. The molecular weight excluding hydrogens is 735 g/mol. The molecule has 1 aliphatic heterocycles. The molecule has 1 fully saturated rings. The normalized spacial score (nSPS) is 17.1. The van der Waals surface area contributed by atoms with Crippen LogP contribution in [0.1, 0.15) is 135 Å². The van der Waals surface area contributed by atoms with Crippen molar-refractivity contribution in [2.45, 2.75) is 149 Å². The van der Waals surface area contributed by atoms with Gasteiger partial charge in [0.25, 0.3) is 0 Å². The Morgan fingerprint density at radius 1 is 0.691 bits per heavy atom. The Bertz CT molecular complexity index is 1360. The van der Waals surface area contributed by atoms with E-state index in [0.717, 1.165) is 37.1 Å². The molecule has 10 N–H and O–H groups in total. The van der Waals surface area contributed by atoms with E-state index in [9.17, 15) is 9.90 Å². The third-order valence-electron chi connectivity index (χ3n) is 8.75. The molecule has 0 aliphatic carbocycles. The van der Waals surface area contributed by atoms with Crippen LogP contribution in [0, 0.1) is 0 Å². The van der Waals surface area contributed by atoms with Crippen molar-refractivity contribution in [1.29, 1.82) is 0 Å². The van der Waals surface area contributed by atoms with Crippen molar-refractivity contribution < 1.29 is 9.90 Å². The maximum atomic E-state index is 11.6. The lowest BCUT2D eigenvalue weighted by Gasteiger charge is -2.48. The van der Waals surface area contributed by atoms with Crippen LogP contribution >= 0.6 is 24.8 Å². The zero-order valence-corrected chi connectivity index (χ0v) is 35.5. The van der Waals surface area contributed by atoms with E-state index in [4.69, 9.17) is 16.5 Å². The van der Waals surface area contributed by atoms with Gasteiger partial charge in [0, 0.05) is 19.6 Å². The van der Waals surface area contributed by atoms with Gasteiger partial charge in [-0.25, -0.2) is 4.99 Å². The quantitative estimate of drug-likeness (QED) is 0.0319. The minimum atomic E-state index is -0.991. The van der Waals surface area contributed by atoms with E-state index >= 15 is 0 Å². The zero-order valence-electron chi connectivity index (χ0n) is 33.9. The molecule has 55 heavy (non-hydrogen) atoms. The fourth-order valence-corrected chi connectivity index (χ4v) is 6.02. The van der Waals surface area contributed by atoms with Crippen molar-refractivity contribution in [3.8, 4) is 0 Å². The summed E-state index contributed by atoms with van der Waals surface area (Å²) in [6.07, 6.45) is 17.4. The molecule has 12 nitrogen and oxygen atoms in total. The SMILES string of the molecule is CCCCCCCCCN=C(N)NC(N)=NCc1ccccc1.CCCCCCCCCN=C1NC(C)(C)NC(CC(=O)O)(NCc2ccccc2)N1.Cl.Cl. The van der Waals surface area contributed by atoms with Gasteiger partial charge < -0.3 is 27.2 Å². The Morgan fingerprint density at radius 3 is 1.73 bits per heavy atom. The van der Waals surface area contributed by atoms with Gasteiger partial charge in [-0.05, 0) is 37.8 Å². The summed E-state index contributed by atoms with van der Waals surface area (Å²) in [5.74, 6) is -0.610. The average molecular weight is 808 g/mol. The molecule has 1 aliphatic rings. The molecule has 0 amide bonds. The number of carboxylic acids is 1. The van der Waals surface area contributed by atoms with E-state index < -0.39 is 17.4 Å². The number of aliphatic carboxylic acids is 1. The lowest BCUT2D eigenvalue weighted by molar-refractivity contribution is -0.140. The second-order valence-electron chi connectivity index (χ2n) is 14.4. The van der Waals surface area contributed by atoms with Gasteiger partial charge in [0.2, 0.25) is 0 Å². The first-order valence-electron chi connectivity index (χ1n) is 19.9. The largest absolute Gasteiger partial charge is 0.481 e. The maximum Gasteiger partial charge on any atom is 0.308 e. The molecule has 1 heterocycles.